The molecule has 2 N–H and O–H groups in total. The van der Waals surface area contributed by atoms with Crippen molar-refractivity contribution in [3.05, 3.63) is 120 Å². The third-order valence-corrected chi connectivity index (χ3v) is 5.55. The van der Waals surface area contributed by atoms with Crippen molar-refractivity contribution in [3.8, 4) is 0 Å². The topological polar surface area (TPSA) is 106 Å². The van der Waals surface area contributed by atoms with Crippen LogP contribution in [0.4, 0.5) is 27.9 Å². The molecule has 0 saturated heterocycles. The lowest BCUT2D eigenvalue weighted by Gasteiger charge is -2.23. The average Bonchev–Trinajstić information content (AvgIpc) is 2.97. The molecular weight excluding hydrogens is 494 g/mol. The number of rotatable bonds is 11. The van der Waals surface area contributed by atoms with Gasteiger partial charge in [0, 0.05) is 30.7 Å². The fourth-order valence-electron chi connectivity index (χ4n) is 3.64. The Kier molecular flexibility index (Phi) is 9.61. The lowest BCUT2D eigenvalue weighted by Crippen LogP contribution is -2.31. The molecule has 0 spiro atoms. The van der Waals surface area contributed by atoms with E-state index in [0.717, 1.165) is 16.9 Å². The van der Waals surface area contributed by atoms with Crippen LogP contribution in [0.3, 0.4) is 0 Å². The quantitative estimate of drug-likeness (QED) is 0.184. The predicted octanol–water partition coefficient (Wildman–Crippen LogP) is 5.95. The third-order valence-electron chi connectivity index (χ3n) is 5.55. The largest absolute Gasteiger partial charge is 0.508 e. The molecule has 0 aliphatic heterocycles. The molecule has 198 valence electrons. The van der Waals surface area contributed by atoms with E-state index in [1.165, 1.54) is 13.3 Å². The van der Waals surface area contributed by atoms with Crippen molar-refractivity contribution >= 4 is 35.2 Å². The zero-order chi connectivity index (χ0) is 27.3. The number of anilines is 4. The number of hydrogen-bond acceptors (Lipinski definition) is 8. The highest BCUT2D eigenvalue weighted by molar-refractivity contribution is 5.99. The van der Waals surface area contributed by atoms with Crippen LogP contribution in [0.1, 0.15) is 15.9 Å². The van der Waals surface area contributed by atoms with Gasteiger partial charge < -0.3 is 25.0 Å². The van der Waals surface area contributed by atoms with Crippen molar-refractivity contribution in [2.24, 2.45) is 0 Å². The fraction of sp³-hybridized carbons (Fsp3) is 0.133. The van der Waals surface area contributed by atoms with E-state index in [0.29, 0.717) is 23.9 Å². The Morgan fingerprint density at radius 3 is 2.10 bits per heavy atom. The number of amides is 1. The highest BCUT2D eigenvalue weighted by Crippen LogP contribution is 2.23. The zero-order valence-corrected chi connectivity index (χ0v) is 21.5. The Morgan fingerprint density at radius 1 is 0.846 bits per heavy atom. The van der Waals surface area contributed by atoms with Crippen LogP contribution in [-0.2, 0) is 16.0 Å². The lowest BCUT2D eigenvalue weighted by atomic mass is 10.2. The van der Waals surface area contributed by atoms with Crippen LogP contribution in [0.5, 0.6) is 0 Å². The van der Waals surface area contributed by atoms with E-state index in [9.17, 15) is 9.59 Å². The maximum absolute atomic E-state index is 13.9. The fourth-order valence-corrected chi connectivity index (χ4v) is 3.64. The molecule has 1 amide bonds. The van der Waals surface area contributed by atoms with Crippen molar-refractivity contribution in [2.75, 3.05) is 30.9 Å². The summed E-state index contributed by atoms with van der Waals surface area (Å²) in [6, 6.07) is 28.7. The number of nitrogens with one attached hydrogen (secondary N) is 2. The van der Waals surface area contributed by atoms with Gasteiger partial charge >= 0.3 is 6.16 Å². The van der Waals surface area contributed by atoms with E-state index in [4.69, 9.17) is 4.74 Å². The Morgan fingerprint density at radius 2 is 1.46 bits per heavy atom. The second kappa shape index (κ2) is 13.9. The first kappa shape index (κ1) is 26.9. The molecule has 0 bridgehead atoms. The molecule has 0 atom stereocenters. The predicted molar refractivity (Wildman–Crippen MR) is 150 cm³/mol. The van der Waals surface area contributed by atoms with Crippen molar-refractivity contribution < 1.29 is 19.1 Å². The molecule has 0 radical (unpaired) electrons. The number of para-hydroxylation sites is 2. The van der Waals surface area contributed by atoms with Crippen molar-refractivity contribution in [3.63, 3.8) is 0 Å². The van der Waals surface area contributed by atoms with Crippen molar-refractivity contribution in [2.45, 2.75) is 6.54 Å². The minimum absolute atomic E-state index is 0.0316. The van der Waals surface area contributed by atoms with Gasteiger partial charge in [-0.25, -0.2) is 9.78 Å². The molecule has 1 aromatic heterocycles. The first-order valence-corrected chi connectivity index (χ1v) is 12.3. The van der Waals surface area contributed by atoms with Crippen molar-refractivity contribution in [1.82, 2.24) is 14.9 Å². The smallest absolute Gasteiger partial charge is 0.438 e. The summed E-state index contributed by atoms with van der Waals surface area (Å²) in [6.45, 7) is 0.660. The average molecular weight is 524 g/mol. The number of benzene rings is 3. The highest BCUT2D eigenvalue weighted by atomic mass is 16.7. The maximum Gasteiger partial charge on any atom is 0.508 e. The second-order valence-corrected chi connectivity index (χ2v) is 8.35. The standard InChI is InChI=1S/C30H29N5O4/c1-38-30(37)39-20-12-11-19-35(22-23-13-5-2-6-14-23)28(36)26-21-31-29(33-25-17-9-4-10-18-25)34-27(26)32-24-15-7-3-8-16-24/h2-18,21H,19-20,22H2,1H3,(H2,31,32,33,34)/b12-11+. The molecule has 0 aliphatic rings. The van der Waals surface area contributed by atoms with Crippen LogP contribution >= 0.6 is 0 Å². The van der Waals surface area contributed by atoms with Crippen LogP contribution < -0.4 is 10.6 Å². The van der Waals surface area contributed by atoms with E-state index in [1.54, 1.807) is 17.1 Å². The molecular formula is C30H29N5O4. The van der Waals surface area contributed by atoms with E-state index < -0.39 is 6.16 Å². The van der Waals surface area contributed by atoms with Gasteiger partial charge in [0.2, 0.25) is 5.95 Å². The zero-order valence-electron chi connectivity index (χ0n) is 21.5. The van der Waals surface area contributed by atoms with Crippen LogP contribution in [-0.4, -0.2) is 47.2 Å². The van der Waals surface area contributed by atoms with E-state index in [1.807, 2.05) is 91.0 Å². The monoisotopic (exact) mass is 523 g/mol. The Balaban J connectivity index is 1.61. The summed E-state index contributed by atoms with van der Waals surface area (Å²) >= 11 is 0. The number of hydrogen-bond donors (Lipinski definition) is 2. The van der Waals surface area contributed by atoms with E-state index in [2.05, 4.69) is 25.3 Å². The lowest BCUT2D eigenvalue weighted by molar-refractivity contribution is 0.0756. The molecule has 39 heavy (non-hydrogen) atoms. The van der Waals surface area contributed by atoms with Gasteiger partial charge in [0.05, 0.1) is 7.11 Å². The van der Waals surface area contributed by atoms with Gasteiger partial charge in [-0.2, -0.15) is 4.98 Å². The first-order chi connectivity index (χ1) is 19.1. The van der Waals surface area contributed by atoms with Gasteiger partial charge in [-0.3, -0.25) is 4.79 Å². The van der Waals surface area contributed by atoms with Gasteiger partial charge in [-0.1, -0.05) is 72.8 Å². The number of ether oxygens (including phenoxy) is 2. The third kappa shape index (κ3) is 8.16. The number of nitrogens with zero attached hydrogens (tertiary/aromatic N) is 3. The summed E-state index contributed by atoms with van der Waals surface area (Å²) in [5.74, 6) is 0.462. The molecule has 9 nitrogen and oxygen atoms in total. The molecule has 0 aliphatic carbocycles. The first-order valence-electron chi connectivity index (χ1n) is 12.3. The Bertz CT molecular complexity index is 1380. The molecule has 1 heterocycles. The van der Waals surface area contributed by atoms with Crippen LogP contribution in [0.25, 0.3) is 0 Å². The van der Waals surface area contributed by atoms with Gasteiger partial charge in [-0.05, 0) is 35.9 Å². The SMILES string of the molecule is COC(=O)OC/C=C/CN(Cc1ccccc1)C(=O)c1cnc(Nc2ccccc2)nc1Nc1ccccc1. The second-order valence-electron chi connectivity index (χ2n) is 8.35. The van der Waals surface area contributed by atoms with Crippen LogP contribution in [0, 0.1) is 0 Å². The van der Waals surface area contributed by atoms with Gasteiger partial charge in [0.15, 0.2) is 0 Å². The van der Waals surface area contributed by atoms with Crippen LogP contribution in [0.15, 0.2) is 109 Å². The van der Waals surface area contributed by atoms with Gasteiger partial charge in [0.25, 0.3) is 5.91 Å². The number of carbonyl (C=O) groups is 2. The number of methoxy groups -OCH3 is 1. The number of aromatic nitrogens is 2. The molecule has 9 heteroatoms. The molecule has 0 fully saturated rings. The summed E-state index contributed by atoms with van der Waals surface area (Å²) in [7, 11) is 1.25. The Labute approximate surface area is 227 Å². The normalized spacial score (nSPS) is 10.6. The molecule has 3 aromatic carbocycles. The summed E-state index contributed by atoms with van der Waals surface area (Å²) in [6.07, 6.45) is 4.18. The van der Waals surface area contributed by atoms with Gasteiger partial charge in [0.1, 0.15) is 18.0 Å². The maximum atomic E-state index is 13.9. The minimum atomic E-state index is -0.769. The highest BCUT2D eigenvalue weighted by Gasteiger charge is 2.21. The van der Waals surface area contributed by atoms with Gasteiger partial charge in [-0.15, -0.1) is 0 Å². The molecule has 0 unspecified atom stereocenters. The molecule has 0 saturated carbocycles. The van der Waals surface area contributed by atoms with Crippen LogP contribution in [0.2, 0.25) is 0 Å². The summed E-state index contributed by atoms with van der Waals surface area (Å²) in [4.78, 5) is 35.8. The van der Waals surface area contributed by atoms with E-state index in [-0.39, 0.29) is 19.1 Å². The molecule has 4 aromatic rings. The summed E-state index contributed by atoms with van der Waals surface area (Å²) in [5.41, 5.74) is 2.89. The summed E-state index contributed by atoms with van der Waals surface area (Å²) < 4.78 is 9.37. The van der Waals surface area contributed by atoms with E-state index >= 15 is 0 Å². The minimum Gasteiger partial charge on any atom is -0.438 e. The summed E-state index contributed by atoms with van der Waals surface area (Å²) in [5, 5.41) is 6.44. The van der Waals surface area contributed by atoms with Crippen molar-refractivity contribution in [1.29, 1.82) is 0 Å². The number of carbonyl (C=O) groups excluding carboxylic acids is 2. The Hall–Kier alpha value is -5.18. The molecule has 4 rings (SSSR count).